The fourth-order valence-electron chi connectivity index (χ4n) is 2.03. The molecule has 0 radical (unpaired) electrons. The molecule has 0 spiro atoms. The topological polar surface area (TPSA) is 42.4 Å². The zero-order valence-corrected chi connectivity index (χ0v) is 8.72. The molecule has 2 heterocycles. The molecule has 1 aromatic rings. The first kappa shape index (κ1) is 9.96. The summed E-state index contributed by atoms with van der Waals surface area (Å²) in [5.41, 5.74) is 1.13. The van der Waals surface area contributed by atoms with Crippen molar-refractivity contribution in [3.05, 3.63) is 30.1 Å². The molecule has 1 atom stereocenters. The normalized spacial score (nSPS) is 20.3. The number of nitrogens with zero attached hydrogens (tertiary/aromatic N) is 2. The molecule has 1 fully saturated rings. The van der Waals surface area contributed by atoms with E-state index in [1.54, 1.807) is 17.3 Å². The molecule has 1 amide bonds. The standard InChI is InChI=1S/C11H14N2O2/c1-15-11(14)13-8-2-3-10(13)9-4-6-12-7-5-9/h4-7,10H,2-3,8H2,1H3. The van der Waals surface area contributed by atoms with Gasteiger partial charge in [0.2, 0.25) is 0 Å². The van der Waals surface area contributed by atoms with Gasteiger partial charge < -0.3 is 9.64 Å². The molecule has 1 saturated heterocycles. The maximum Gasteiger partial charge on any atom is 0.409 e. The zero-order chi connectivity index (χ0) is 10.7. The fourth-order valence-corrected chi connectivity index (χ4v) is 2.03. The summed E-state index contributed by atoms with van der Waals surface area (Å²) in [5, 5.41) is 0. The highest BCUT2D eigenvalue weighted by Crippen LogP contribution is 2.31. The maximum atomic E-state index is 11.5. The van der Waals surface area contributed by atoms with E-state index in [-0.39, 0.29) is 12.1 Å². The van der Waals surface area contributed by atoms with Crippen molar-refractivity contribution in [2.75, 3.05) is 13.7 Å². The lowest BCUT2D eigenvalue weighted by molar-refractivity contribution is 0.119. The Morgan fingerprint density at radius 2 is 2.27 bits per heavy atom. The van der Waals surface area contributed by atoms with Crippen LogP contribution in [0.2, 0.25) is 0 Å². The first-order valence-electron chi connectivity index (χ1n) is 5.07. The fraction of sp³-hybridized carbons (Fsp3) is 0.455. The van der Waals surface area contributed by atoms with E-state index >= 15 is 0 Å². The van der Waals surface area contributed by atoms with Crippen molar-refractivity contribution in [2.45, 2.75) is 18.9 Å². The van der Waals surface area contributed by atoms with Crippen molar-refractivity contribution in [3.63, 3.8) is 0 Å². The van der Waals surface area contributed by atoms with E-state index in [1.807, 2.05) is 12.1 Å². The third kappa shape index (κ3) is 1.93. The number of carbonyl (C=O) groups is 1. The smallest absolute Gasteiger partial charge is 0.409 e. The Balaban J connectivity index is 2.18. The summed E-state index contributed by atoms with van der Waals surface area (Å²) in [6, 6.07) is 4.05. The molecule has 1 unspecified atom stereocenters. The number of hydrogen-bond acceptors (Lipinski definition) is 3. The highest BCUT2D eigenvalue weighted by molar-refractivity contribution is 5.68. The summed E-state index contributed by atoms with van der Waals surface area (Å²) in [7, 11) is 1.42. The summed E-state index contributed by atoms with van der Waals surface area (Å²) >= 11 is 0. The predicted molar refractivity (Wildman–Crippen MR) is 55.3 cm³/mol. The molecule has 0 bridgehead atoms. The van der Waals surface area contributed by atoms with Crippen LogP contribution >= 0.6 is 0 Å². The van der Waals surface area contributed by atoms with Crippen molar-refractivity contribution >= 4 is 6.09 Å². The van der Waals surface area contributed by atoms with E-state index in [9.17, 15) is 4.79 Å². The second-order valence-electron chi connectivity index (χ2n) is 3.60. The van der Waals surface area contributed by atoms with Crippen LogP contribution < -0.4 is 0 Å². The van der Waals surface area contributed by atoms with Gasteiger partial charge in [0.05, 0.1) is 13.2 Å². The van der Waals surface area contributed by atoms with Crippen LogP contribution in [0.4, 0.5) is 4.79 Å². The third-order valence-corrected chi connectivity index (χ3v) is 2.75. The summed E-state index contributed by atoms with van der Waals surface area (Å²) in [5.74, 6) is 0. The van der Waals surface area contributed by atoms with Crippen molar-refractivity contribution < 1.29 is 9.53 Å². The van der Waals surface area contributed by atoms with Crippen LogP contribution in [0.15, 0.2) is 24.5 Å². The number of aromatic nitrogens is 1. The lowest BCUT2D eigenvalue weighted by Gasteiger charge is -2.23. The first-order valence-corrected chi connectivity index (χ1v) is 5.07. The lowest BCUT2D eigenvalue weighted by Crippen LogP contribution is -2.30. The second-order valence-corrected chi connectivity index (χ2v) is 3.60. The van der Waals surface area contributed by atoms with Crippen molar-refractivity contribution in [1.29, 1.82) is 0 Å². The van der Waals surface area contributed by atoms with Gasteiger partial charge in [-0.15, -0.1) is 0 Å². The Bertz CT molecular complexity index is 340. The first-order chi connectivity index (χ1) is 7.33. The molecule has 0 aromatic carbocycles. The molecule has 80 valence electrons. The van der Waals surface area contributed by atoms with E-state index in [0.29, 0.717) is 0 Å². The molecule has 4 heteroatoms. The molecule has 4 nitrogen and oxygen atoms in total. The molecule has 15 heavy (non-hydrogen) atoms. The lowest BCUT2D eigenvalue weighted by atomic mass is 10.1. The minimum Gasteiger partial charge on any atom is -0.453 e. The van der Waals surface area contributed by atoms with Crippen LogP contribution in [-0.4, -0.2) is 29.6 Å². The van der Waals surface area contributed by atoms with Gasteiger partial charge in [0.25, 0.3) is 0 Å². The molecule has 1 aliphatic heterocycles. The molecule has 0 saturated carbocycles. The summed E-state index contributed by atoms with van der Waals surface area (Å²) < 4.78 is 4.76. The molecular weight excluding hydrogens is 192 g/mol. The van der Waals surface area contributed by atoms with Gasteiger partial charge in [0, 0.05) is 18.9 Å². The number of methoxy groups -OCH3 is 1. The monoisotopic (exact) mass is 206 g/mol. The average molecular weight is 206 g/mol. The van der Waals surface area contributed by atoms with Crippen molar-refractivity contribution in [2.24, 2.45) is 0 Å². The van der Waals surface area contributed by atoms with Crippen LogP contribution in [0.5, 0.6) is 0 Å². The van der Waals surface area contributed by atoms with Gasteiger partial charge in [0.1, 0.15) is 0 Å². The number of pyridine rings is 1. The number of amides is 1. The SMILES string of the molecule is COC(=O)N1CCCC1c1ccncc1. The Labute approximate surface area is 88.9 Å². The van der Waals surface area contributed by atoms with Crippen LogP contribution in [0.3, 0.4) is 0 Å². The predicted octanol–water partition coefficient (Wildman–Crippen LogP) is 1.98. The number of hydrogen-bond donors (Lipinski definition) is 0. The number of ether oxygens (including phenoxy) is 1. The molecule has 1 aromatic heterocycles. The summed E-state index contributed by atoms with van der Waals surface area (Å²) in [6.07, 6.45) is 5.29. The quantitative estimate of drug-likeness (QED) is 0.705. The summed E-state index contributed by atoms with van der Waals surface area (Å²) in [4.78, 5) is 17.2. The molecular formula is C11H14N2O2. The molecule has 1 aliphatic rings. The van der Waals surface area contributed by atoms with Crippen molar-refractivity contribution in [3.8, 4) is 0 Å². The molecule has 0 aliphatic carbocycles. The molecule has 0 N–H and O–H groups in total. The van der Waals surface area contributed by atoms with Gasteiger partial charge in [-0.2, -0.15) is 0 Å². The zero-order valence-electron chi connectivity index (χ0n) is 8.72. The van der Waals surface area contributed by atoms with E-state index in [1.165, 1.54) is 7.11 Å². The maximum absolute atomic E-state index is 11.5. The minimum absolute atomic E-state index is 0.153. The van der Waals surface area contributed by atoms with Crippen LogP contribution in [-0.2, 0) is 4.74 Å². The van der Waals surface area contributed by atoms with Gasteiger partial charge >= 0.3 is 6.09 Å². The largest absolute Gasteiger partial charge is 0.453 e. The van der Waals surface area contributed by atoms with Gasteiger partial charge in [0.15, 0.2) is 0 Å². The number of rotatable bonds is 1. The van der Waals surface area contributed by atoms with E-state index in [4.69, 9.17) is 4.74 Å². The number of likely N-dealkylation sites (tertiary alicyclic amines) is 1. The highest BCUT2D eigenvalue weighted by atomic mass is 16.5. The van der Waals surface area contributed by atoms with E-state index < -0.39 is 0 Å². The van der Waals surface area contributed by atoms with Gasteiger partial charge in [-0.3, -0.25) is 4.98 Å². The number of carbonyl (C=O) groups excluding carboxylic acids is 1. The van der Waals surface area contributed by atoms with Crippen LogP contribution in [0.25, 0.3) is 0 Å². The van der Waals surface area contributed by atoms with Gasteiger partial charge in [-0.05, 0) is 30.5 Å². The Morgan fingerprint density at radius 1 is 1.53 bits per heavy atom. The van der Waals surface area contributed by atoms with Crippen LogP contribution in [0, 0.1) is 0 Å². The minimum atomic E-state index is -0.241. The summed E-state index contributed by atoms with van der Waals surface area (Å²) in [6.45, 7) is 0.777. The average Bonchev–Trinajstić information content (AvgIpc) is 2.78. The van der Waals surface area contributed by atoms with E-state index in [0.717, 1.165) is 24.9 Å². The van der Waals surface area contributed by atoms with Gasteiger partial charge in [-0.25, -0.2) is 4.79 Å². The van der Waals surface area contributed by atoms with E-state index in [2.05, 4.69) is 4.98 Å². The highest BCUT2D eigenvalue weighted by Gasteiger charge is 2.30. The second kappa shape index (κ2) is 4.29. The molecule has 2 rings (SSSR count). The van der Waals surface area contributed by atoms with Crippen LogP contribution in [0.1, 0.15) is 24.4 Å². The Kier molecular flexibility index (Phi) is 2.85. The van der Waals surface area contributed by atoms with Crippen molar-refractivity contribution in [1.82, 2.24) is 9.88 Å². The third-order valence-electron chi connectivity index (χ3n) is 2.75. The Morgan fingerprint density at radius 3 is 2.93 bits per heavy atom. The Hall–Kier alpha value is -1.58. The van der Waals surface area contributed by atoms with Gasteiger partial charge in [-0.1, -0.05) is 0 Å².